The van der Waals surface area contributed by atoms with Crippen LogP contribution in [0.3, 0.4) is 0 Å². The van der Waals surface area contributed by atoms with E-state index in [0.29, 0.717) is 19.8 Å². The quantitative estimate of drug-likeness (QED) is 0.764. The van der Waals surface area contributed by atoms with Crippen LogP contribution in [-0.2, 0) is 17.9 Å². The molecule has 0 aromatic heterocycles. The van der Waals surface area contributed by atoms with Gasteiger partial charge in [0, 0.05) is 19.2 Å². The fourth-order valence-corrected chi connectivity index (χ4v) is 1.84. The van der Waals surface area contributed by atoms with E-state index in [4.69, 9.17) is 9.84 Å². The summed E-state index contributed by atoms with van der Waals surface area (Å²) >= 11 is 0. The molecule has 0 atom stereocenters. The summed E-state index contributed by atoms with van der Waals surface area (Å²) in [6, 6.07) is 5.80. The number of carbonyl (C=O) groups is 1. The van der Waals surface area contributed by atoms with E-state index in [1.165, 1.54) is 0 Å². The Morgan fingerprint density at radius 3 is 3.06 bits per heavy atom. The van der Waals surface area contributed by atoms with Crippen LogP contribution in [0.2, 0.25) is 0 Å². The number of fused-ring (bicyclic) bond motifs is 1. The van der Waals surface area contributed by atoms with Crippen molar-refractivity contribution in [1.82, 2.24) is 4.90 Å². The van der Waals surface area contributed by atoms with Crippen LogP contribution in [0.15, 0.2) is 18.2 Å². The number of aliphatic hydroxyl groups is 1. The summed E-state index contributed by atoms with van der Waals surface area (Å²) in [5.74, 6) is 0.0685. The zero-order chi connectivity index (χ0) is 11.5. The molecule has 0 unspecified atom stereocenters. The molecular weight excluding hydrogens is 206 g/mol. The summed E-state index contributed by atoms with van der Waals surface area (Å²) in [5.41, 5.74) is 2.81. The topological polar surface area (TPSA) is 49.8 Å². The van der Waals surface area contributed by atoms with E-state index in [1.54, 1.807) is 11.9 Å². The summed E-state index contributed by atoms with van der Waals surface area (Å²) in [7, 11) is 1.80. The fraction of sp³-hybridized carbons (Fsp3) is 0.417. The lowest BCUT2D eigenvalue weighted by Crippen LogP contribution is -2.17. The van der Waals surface area contributed by atoms with Crippen molar-refractivity contribution in [3.8, 4) is 0 Å². The van der Waals surface area contributed by atoms with Crippen molar-refractivity contribution in [2.75, 3.05) is 20.3 Å². The number of ether oxygens (including phenoxy) is 1. The molecule has 16 heavy (non-hydrogen) atoms. The summed E-state index contributed by atoms with van der Waals surface area (Å²) < 4.78 is 5.22. The van der Waals surface area contributed by atoms with Gasteiger partial charge in [-0.05, 0) is 17.2 Å². The predicted molar refractivity (Wildman–Crippen MR) is 59.0 cm³/mol. The first kappa shape index (κ1) is 11.1. The van der Waals surface area contributed by atoms with E-state index in [0.717, 1.165) is 16.7 Å². The Hall–Kier alpha value is -1.39. The minimum Gasteiger partial charge on any atom is -0.394 e. The monoisotopic (exact) mass is 221 g/mol. The van der Waals surface area contributed by atoms with Gasteiger partial charge in [-0.15, -0.1) is 0 Å². The Labute approximate surface area is 94.4 Å². The molecule has 0 fully saturated rings. The molecule has 2 rings (SSSR count). The van der Waals surface area contributed by atoms with Gasteiger partial charge < -0.3 is 14.7 Å². The van der Waals surface area contributed by atoms with Gasteiger partial charge in [0.2, 0.25) is 0 Å². The van der Waals surface area contributed by atoms with Gasteiger partial charge in [-0.3, -0.25) is 4.79 Å². The average molecular weight is 221 g/mol. The number of benzene rings is 1. The number of aliphatic hydroxyl groups excluding tert-OH is 1. The lowest BCUT2D eigenvalue weighted by Gasteiger charge is -2.05. The maximum atomic E-state index is 11.7. The number of hydrogen-bond donors (Lipinski definition) is 1. The molecule has 1 aromatic carbocycles. The Kier molecular flexibility index (Phi) is 3.22. The molecule has 4 heteroatoms. The van der Waals surface area contributed by atoms with Crippen LogP contribution >= 0.6 is 0 Å². The van der Waals surface area contributed by atoms with Crippen LogP contribution in [0.1, 0.15) is 21.5 Å². The van der Waals surface area contributed by atoms with E-state index >= 15 is 0 Å². The standard InChI is InChI=1S/C12H15NO3/c1-13-7-10-3-2-9(8-16-5-4-14)6-11(10)12(13)15/h2-3,6,14H,4-5,7-8H2,1H3. The second-order valence-electron chi connectivity index (χ2n) is 3.93. The highest BCUT2D eigenvalue weighted by molar-refractivity contribution is 5.98. The van der Waals surface area contributed by atoms with Crippen molar-refractivity contribution in [2.45, 2.75) is 13.2 Å². The highest BCUT2D eigenvalue weighted by Crippen LogP contribution is 2.22. The minimum absolute atomic E-state index is 0.0204. The van der Waals surface area contributed by atoms with Crippen molar-refractivity contribution >= 4 is 5.91 Å². The maximum absolute atomic E-state index is 11.7. The van der Waals surface area contributed by atoms with Crippen molar-refractivity contribution in [1.29, 1.82) is 0 Å². The molecule has 0 aliphatic carbocycles. The van der Waals surface area contributed by atoms with Crippen molar-refractivity contribution in [2.24, 2.45) is 0 Å². The first-order valence-electron chi connectivity index (χ1n) is 5.28. The van der Waals surface area contributed by atoms with E-state index in [1.807, 2.05) is 18.2 Å². The minimum atomic E-state index is 0.0204. The molecule has 1 aliphatic heterocycles. The average Bonchev–Trinajstić information content (AvgIpc) is 2.56. The smallest absolute Gasteiger partial charge is 0.254 e. The zero-order valence-corrected chi connectivity index (χ0v) is 9.27. The van der Waals surface area contributed by atoms with E-state index in [2.05, 4.69) is 0 Å². The van der Waals surface area contributed by atoms with Crippen LogP contribution in [0.4, 0.5) is 0 Å². The predicted octanol–water partition coefficient (Wildman–Crippen LogP) is 0.781. The molecule has 86 valence electrons. The molecule has 0 spiro atoms. The van der Waals surface area contributed by atoms with Gasteiger partial charge in [0.25, 0.3) is 5.91 Å². The number of nitrogens with zero attached hydrogens (tertiary/aromatic N) is 1. The molecule has 0 saturated heterocycles. The van der Waals surface area contributed by atoms with Crippen LogP contribution < -0.4 is 0 Å². The fourth-order valence-electron chi connectivity index (χ4n) is 1.84. The lowest BCUT2D eigenvalue weighted by molar-refractivity contribution is 0.0804. The highest BCUT2D eigenvalue weighted by atomic mass is 16.5. The van der Waals surface area contributed by atoms with Crippen LogP contribution in [0.25, 0.3) is 0 Å². The maximum Gasteiger partial charge on any atom is 0.254 e. The normalized spacial score (nSPS) is 14.4. The number of hydrogen-bond acceptors (Lipinski definition) is 3. The third-order valence-electron chi connectivity index (χ3n) is 2.66. The van der Waals surface area contributed by atoms with Gasteiger partial charge in [0.1, 0.15) is 0 Å². The highest BCUT2D eigenvalue weighted by Gasteiger charge is 2.24. The summed E-state index contributed by atoms with van der Waals surface area (Å²) in [6.45, 7) is 1.47. The second kappa shape index (κ2) is 4.63. The first-order chi connectivity index (χ1) is 7.72. The third kappa shape index (κ3) is 2.08. The Bertz CT molecular complexity index is 403. The van der Waals surface area contributed by atoms with Crippen LogP contribution in [0, 0.1) is 0 Å². The molecule has 1 aliphatic rings. The molecular formula is C12H15NO3. The Balaban J connectivity index is 2.11. The second-order valence-corrected chi connectivity index (χ2v) is 3.93. The van der Waals surface area contributed by atoms with Gasteiger partial charge in [0.15, 0.2) is 0 Å². The summed E-state index contributed by atoms with van der Waals surface area (Å²) in [4.78, 5) is 13.4. The molecule has 1 heterocycles. The van der Waals surface area contributed by atoms with Crippen molar-refractivity contribution < 1.29 is 14.6 Å². The van der Waals surface area contributed by atoms with Gasteiger partial charge in [-0.2, -0.15) is 0 Å². The number of rotatable bonds is 4. The van der Waals surface area contributed by atoms with Gasteiger partial charge in [-0.25, -0.2) is 0 Å². The van der Waals surface area contributed by atoms with E-state index in [-0.39, 0.29) is 12.5 Å². The molecule has 0 radical (unpaired) electrons. The third-order valence-corrected chi connectivity index (χ3v) is 2.66. The summed E-state index contributed by atoms with van der Waals surface area (Å²) in [6.07, 6.45) is 0. The molecule has 0 saturated carbocycles. The SMILES string of the molecule is CN1Cc2ccc(COCCO)cc2C1=O. The largest absolute Gasteiger partial charge is 0.394 e. The van der Waals surface area contributed by atoms with Gasteiger partial charge in [-0.1, -0.05) is 12.1 Å². The van der Waals surface area contributed by atoms with E-state index in [9.17, 15) is 4.79 Å². The van der Waals surface area contributed by atoms with Crippen molar-refractivity contribution in [3.63, 3.8) is 0 Å². The molecule has 1 amide bonds. The molecule has 0 bridgehead atoms. The summed E-state index contributed by atoms with van der Waals surface area (Å²) in [5, 5.41) is 8.59. The van der Waals surface area contributed by atoms with Crippen LogP contribution in [-0.4, -0.2) is 36.2 Å². The first-order valence-corrected chi connectivity index (χ1v) is 5.28. The zero-order valence-electron chi connectivity index (χ0n) is 9.27. The Morgan fingerprint density at radius 1 is 1.50 bits per heavy atom. The van der Waals surface area contributed by atoms with E-state index < -0.39 is 0 Å². The molecule has 1 N–H and O–H groups in total. The van der Waals surface area contributed by atoms with Crippen molar-refractivity contribution in [3.05, 3.63) is 34.9 Å². The molecule has 1 aromatic rings. The van der Waals surface area contributed by atoms with Gasteiger partial charge in [0.05, 0.1) is 19.8 Å². The van der Waals surface area contributed by atoms with Crippen LogP contribution in [0.5, 0.6) is 0 Å². The number of amides is 1. The number of carbonyl (C=O) groups excluding carboxylic acids is 1. The Morgan fingerprint density at radius 2 is 2.31 bits per heavy atom. The van der Waals surface area contributed by atoms with Gasteiger partial charge >= 0.3 is 0 Å². The lowest BCUT2D eigenvalue weighted by atomic mass is 10.1. The molecule has 4 nitrogen and oxygen atoms in total.